The molecule has 1 spiro atoms. The second kappa shape index (κ2) is 7.05. The number of rotatable bonds is 4. The van der Waals surface area contributed by atoms with Gasteiger partial charge >= 0.3 is 0 Å². The molecule has 0 radical (unpaired) electrons. The van der Waals surface area contributed by atoms with Crippen LogP contribution in [0.5, 0.6) is 0 Å². The first-order chi connectivity index (χ1) is 14.0. The zero-order valence-electron chi connectivity index (χ0n) is 16.9. The van der Waals surface area contributed by atoms with Crippen LogP contribution in [0, 0.1) is 6.92 Å². The summed E-state index contributed by atoms with van der Waals surface area (Å²) in [6.45, 7) is 3.32. The summed E-state index contributed by atoms with van der Waals surface area (Å²) in [7, 11) is 0. The smallest absolute Gasteiger partial charge is 0.289 e. The predicted octanol–water partition coefficient (Wildman–Crippen LogP) is 3.92. The Morgan fingerprint density at radius 2 is 1.90 bits per heavy atom. The topological polar surface area (TPSA) is 62.6 Å². The lowest BCUT2D eigenvalue weighted by Gasteiger charge is -2.40. The Balaban J connectivity index is 1.30. The molecule has 5 rings (SSSR count). The van der Waals surface area contributed by atoms with Gasteiger partial charge in [0.15, 0.2) is 5.76 Å². The van der Waals surface area contributed by atoms with Gasteiger partial charge in [-0.3, -0.25) is 9.59 Å². The van der Waals surface area contributed by atoms with Crippen LogP contribution in [0.15, 0.2) is 40.8 Å². The molecule has 2 aliphatic carbocycles. The minimum absolute atomic E-state index is 0.0143. The van der Waals surface area contributed by atoms with E-state index in [1.54, 1.807) is 6.07 Å². The van der Waals surface area contributed by atoms with E-state index in [0.717, 1.165) is 51.0 Å². The first kappa shape index (κ1) is 18.5. The van der Waals surface area contributed by atoms with Crippen molar-refractivity contribution in [3.05, 3.63) is 59.0 Å². The van der Waals surface area contributed by atoms with Crippen molar-refractivity contribution in [2.45, 2.75) is 62.8 Å². The molecule has 2 aromatic rings. The molecule has 2 amide bonds. The number of fused-ring (bicyclic) bond motifs is 2. The summed E-state index contributed by atoms with van der Waals surface area (Å²) < 4.78 is 5.53. The molecule has 0 bridgehead atoms. The number of furan rings is 1. The van der Waals surface area contributed by atoms with Crippen molar-refractivity contribution in [3.8, 4) is 0 Å². The third-order valence-corrected chi connectivity index (χ3v) is 6.94. The lowest BCUT2D eigenvalue weighted by atomic mass is 9.73. The van der Waals surface area contributed by atoms with Crippen LogP contribution in [-0.2, 0) is 10.2 Å². The highest BCUT2D eigenvalue weighted by Crippen LogP contribution is 2.52. The highest BCUT2D eigenvalue weighted by Gasteiger charge is 2.46. The number of piperidine rings is 1. The maximum Gasteiger partial charge on any atom is 0.289 e. The normalized spacial score (nSPS) is 22.5. The van der Waals surface area contributed by atoms with Gasteiger partial charge < -0.3 is 14.6 Å². The van der Waals surface area contributed by atoms with Crippen LogP contribution in [0.25, 0.3) is 0 Å². The molecule has 5 heteroatoms. The Morgan fingerprint density at radius 1 is 1.14 bits per heavy atom. The van der Waals surface area contributed by atoms with E-state index in [1.807, 2.05) is 17.9 Å². The molecule has 2 heterocycles. The summed E-state index contributed by atoms with van der Waals surface area (Å²) in [4.78, 5) is 27.1. The predicted molar refractivity (Wildman–Crippen MR) is 110 cm³/mol. The molecule has 2 fully saturated rings. The lowest BCUT2D eigenvalue weighted by molar-refractivity contribution is -0.121. The van der Waals surface area contributed by atoms with Crippen molar-refractivity contribution < 1.29 is 14.0 Å². The Kier molecular flexibility index (Phi) is 4.49. The quantitative estimate of drug-likeness (QED) is 0.858. The van der Waals surface area contributed by atoms with Crippen molar-refractivity contribution >= 4 is 11.8 Å². The highest BCUT2D eigenvalue weighted by molar-refractivity contribution is 5.91. The van der Waals surface area contributed by atoms with Crippen LogP contribution in [-0.4, -0.2) is 35.8 Å². The first-order valence-corrected chi connectivity index (χ1v) is 10.8. The van der Waals surface area contributed by atoms with E-state index in [-0.39, 0.29) is 23.1 Å². The van der Waals surface area contributed by atoms with Crippen LogP contribution in [0.4, 0.5) is 0 Å². The number of aryl methyl sites for hydroxylation is 1. The number of likely N-dealkylation sites (tertiary alicyclic amines) is 1. The average Bonchev–Trinajstić information content (AvgIpc) is 3.35. The fourth-order valence-corrected chi connectivity index (χ4v) is 5.26. The van der Waals surface area contributed by atoms with E-state index < -0.39 is 0 Å². The number of benzene rings is 1. The third kappa shape index (κ3) is 3.47. The van der Waals surface area contributed by atoms with Gasteiger partial charge in [0.2, 0.25) is 5.91 Å². The van der Waals surface area contributed by atoms with Crippen LogP contribution in [0.2, 0.25) is 0 Å². The largest absolute Gasteiger partial charge is 0.456 e. The standard InChI is InChI=1S/C24H28N2O3/c1-16-6-9-21(29-16)23(28)26-12-10-24(11-13-26)15-17(14-22(27)25-18-7-8-18)19-4-2-3-5-20(19)24/h2-6,9,17-18H,7-8,10-15H2,1H3,(H,25,27)/t17-/m0/s1. The summed E-state index contributed by atoms with van der Waals surface area (Å²) in [5, 5.41) is 3.14. The monoisotopic (exact) mass is 392 g/mol. The van der Waals surface area contributed by atoms with Gasteiger partial charge in [-0.2, -0.15) is 0 Å². The van der Waals surface area contributed by atoms with Crippen LogP contribution >= 0.6 is 0 Å². The first-order valence-electron chi connectivity index (χ1n) is 10.8. The van der Waals surface area contributed by atoms with Gasteiger partial charge in [-0.15, -0.1) is 0 Å². The number of hydrogen-bond donors (Lipinski definition) is 1. The Morgan fingerprint density at radius 3 is 2.59 bits per heavy atom. The fraction of sp³-hybridized carbons (Fsp3) is 0.500. The zero-order chi connectivity index (χ0) is 20.0. The van der Waals surface area contributed by atoms with Crippen LogP contribution in [0.3, 0.4) is 0 Å². The molecule has 152 valence electrons. The molecule has 5 nitrogen and oxygen atoms in total. The number of carbonyl (C=O) groups is 2. The van der Waals surface area contributed by atoms with Crippen molar-refractivity contribution in [2.24, 2.45) is 0 Å². The highest BCUT2D eigenvalue weighted by atomic mass is 16.3. The molecular formula is C24H28N2O3. The fourth-order valence-electron chi connectivity index (χ4n) is 5.26. The van der Waals surface area contributed by atoms with Gasteiger partial charge in [0.1, 0.15) is 5.76 Å². The number of carbonyl (C=O) groups excluding carboxylic acids is 2. The van der Waals surface area contributed by atoms with E-state index in [0.29, 0.717) is 18.2 Å². The number of nitrogens with zero attached hydrogens (tertiary/aromatic N) is 1. The van der Waals surface area contributed by atoms with E-state index in [1.165, 1.54) is 11.1 Å². The molecule has 1 saturated heterocycles. The van der Waals surface area contributed by atoms with Crippen molar-refractivity contribution in [1.29, 1.82) is 0 Å². The summed E-state index contributed by atoms with van der Waals surface area (Å²) in [6.07, 6.45) is 5.70. The van der Waals surface area contributed by atoms with Gasteiger partial charge in [-0.1, -0.05) is 24.3 Å². The molecule has 1 saturated carbocycles. The third-order valence-electron chi connectivity index (χ3n) is 6.94. The summed E-state index contributed by atoms with van der Waals surface area (Å²) in [6, 6.07) is 12.6. The van der Waals surface area contributed by atoms with E-state index in [2.05, 4.69) is 29.6 Å². The maximum absolute atomic E-state index is 12.8. The minimum atomic E-state index is -0.0143. The second-order valence-corrected chi connectivity index (χ2v) is 9.02. The van der Waals surface area contributed by atoms with E-state index in [9.17, 15) is 9.59 Å². The summed E-state index contributed by atoms with van der Waals surface area (Å²) >= 11 is 0. The minimum Gasteiger partial charge on any atom is -0.456 e. The maximum atomic E-state index is 12.8. The van der Waals surface area contributed by atoms with Gasteiger partial charge in [-0.05, 0) is 73.6 Å². The van der Waals surface area contributed by atoms with Gasteiger partial charge in [-0.25, -0.2) is 0 Å². The van der Waals surface area contributed by atoms with Gasteiger partial charge in [0.25, 0.3) is 5.91 Å². The SMILES string of the molecule is Cc1ccc(C(=O)N2CCC3(CC2)C[C@H](CC(=O)NC2CC2)c2ccccc23)o1. The Labute approximate surface area is 171 Å². The van der Waals surface area contributed by atoms with Crippen molar-refractivity contribution in [1.82, 2.24) is 10.2 Å². The van der Waals surface area contributed by atoms with Crippen LogP contribution < -0.4 is 5.32 Å². The number of hydrogen-bond acceptors (Lipinski definition) is 3. The Hall–Kier alpha value is -2.56. The molecule has 1 aromatic heterocycles. The second-order valence-electron chi connectivity index (χ2n) is 9.02. The molecule has 0 unspecified atom stereocenters. The van der Waals surface area contributed by atoms with Crippen molar-refractivity contribution in [2.75, 3.05) is 13.1 Å². The van der Waals surface area contributed by atoms with Crippen LogP contribution in [0.1, 0.15) is 71.9 Å². The summed E-state index contributed by atoms with van der Waals surface area (Å²) in [5.41, 5.74) is 2.81. The molecule has 1 aliphatic heterocycles. The van der Waals surface area contributed by atoms with Crippen molar-refractivity contribution in [3.63, 3.8) is 0 Å². The molecule has 3 aliphatic rings. The number of amides is 2. The average molecular weight is 392 g/mol. The number of nitrogens with one attached hydrogen (secondary N) is 1. The Bertz CT molecular complexity index is 935. The molecular weight excluding hydrogens is 364 g/mol. The van der Waals surface area contributed by atoms with E-state index in [4.69, 9.17) is 4.42 Å². The molecule has 1 aromatic carbocycles. The van der Waals surface area contributed by atoms with E-state index >= 15 is 0 Å². The van der Waals surface area contributed by atoms with Gasteiger partial charge in [0, 0.05) is 25.6 Å². The van der Waals surface area contributed by atoms with Gasteiger partial charge in [0.05, 0.1) is 0 Å². The molecule has 29 heavy (non-hydrogen) atoms. The molecule has 1 N–H and O–H groups in total. The molecule has 1 atom stereocenters. The summed E-state index contributed by atoms with van der Waals surface area (Å²) in [5.74, 6) is 1.64. The lowest BCUT2D eigenvalue weighted by Crippen LogP contribution is -2.44. The zero-order valence-corrected chi connectivity index (χ0v) is 16.9.